The van der Waals surface area contributed by atoms with Crippen molar-refractivity contribution < 1.29 is 13.9 Å². The number of aryl methyl sites for hydroxylation is 1. The molecule has 3 rings (SSSR count). The molecule has 0 saturated heterocycles. The monoisotopic (exact) mass is 338 g/mol. The lowest BCUT2D eigenvalue weighted by molar-refractivity contribution is 0.0702. The number of nitrogens with zero attached hydrogens (tertiary/aromatic N) is 4. The van der Waals surface area contributed by atoms with E-state index in [1.807, 2.05) is 17.5 Å². The largest absolute Gasteiger partial charge is 0.394 e. The first-order chi connectivity index (χ1) is 11.1. The Morgan fingerprint density at radius 1 is 1.30 bits per heavy atom. The maximum atomic E-state index is 13.3. The molecule has 3 heterocycles. The van der Waals surface area contributed by atoms with Crippen molar-refractivity contribution in [3.05, 3.63) is 46.0 Å². The Labute approximate surface area is 135 Å². The molecule has 0 saturated carbocycles. The van der Waals surface area contributed by atoms with Crippen LogP contribution < -0.4 is 0 Å². The third kappa shape index (κ3) is 3.18. The number of hydrogen-bond donors (Lipinski definition) is 1. The molecule has 1 N–H and O–H groups in total. The molecule has 0 spiro atoms. The first-order valence-electron chi connectivity index (χ1n) is 7.13. The topological polar surface area (TPSA) is 55.9 Å². The zero-order valence-corrected chi connectivity index (χ0v) is 13.3. The number of thiophene rings is 1. The van der Waals surface area contributed by atoms with E-state index in [2.05, 4.69) is 10.1 Å². The van der Waals surface area contributed by atoms with Crippen molar-refractivity contribution in [2.24, 2.45) is 0 Å². The van der Waals surface area contributed by atoms with Gasteiger partial charge in [-0.15, -0.1) is 11.3 Å². The van der Waals surface area contributed by atoms with E-state index in [1.165, 1.54) is 4.68 Å². The normalized spacial score (nSPS) is 11.5. The highest BCUT2D eigenvalue weighted by atomic mass is 32.1. The van der Waals surface area contributed by atoms with Crippen LogP contribution in [0.15, 0.2) is 29.6 Å². The van der Waals surface area contributed by atoms with Crippen LogP contribution in [0, 0.1) is 6.92 Å². The van der Waals surface area contributed by atoms with E-state index >= 15 is 0 Å². The Balaban J connectivity index is 2.02. The van der Waals surface area contributed by atoms with E-state index in [1.54, 1.807) is 30.4 Å². The van der Waals surface area contributed by atoms with Crippen molar-refractivity contribution in [1.29, 1.82) is 0 Å². The van der Waals surface area contributed by atoms with Crippen molar-refractivity contribution in [2.45, 2.75) is 26.4 Å². The number of rotatable bonds is 6. The van der Waals surface area contributed by atoms with Crippen LogP contribution in [0.3, 0.4) is 0 Å². The number of aliphatic hydroxyl groups excluding tert-OH is 1. The minimum Gasteiger partial charge on any atom is -0.394 e. The van der Waals surface area contributed by atoms with Crippen LogP contribution in [-0.4, -0.2) is 31.0 Å². The molecule has 0 aromatic carbocycles. The molecule has 0 radical (unpaired) electrons. The van der Waals surface area contributed by atoms with Crippen LogP contribution in [0.2, 0.25) is 0 Å². The summed E-state index contributed by atoms with van der Waals surface area (Å²) in [4.78, 5) is 5.52. The van der Waals surface area contributed by atoms with Gasteiger partial charge in [0.15, 0.2) is 11.6 Å². The molecule has 3 aromatic heterocycles. The molecule has 0 aliphatic heterocycles. The highest BCUT2D eigenvalue weighted by molar-refractivity contribution is 7.09. The maximum absolute atomic E-state index is 13.3. The summed E-state index contributed by atoms with van der Waals surface area (Å²) in [7, 11) is 0. The van der Waals surface area contributed by atoms with E-state index in [0.717, 1.165) is 9.44 Å². The van der Waals surface area contributed by atoms with Crippen molar-refractivity contribution >= 4 is 11.3 Å². The summed E-state index contributed by atoms with van der Waals surface area (Å²) < 4.78 is 29.0. The highest BCUT2D eigenvalue weighted by Gasteiger charge is 2.20. The molecule has 5 nitrogen and oxygen atoms in total. The van der Waals surface area contributed by atoms with Gasteiger partial charge in [0.2, 0.25) is 0 Å². The zero-order chi connectivity index (χ0) is 16.4. The van der Waals surface area contributed by atoms with Gasteiger partial charge in [0.05, 0.1) is 18.8 Å². The minimum absolute atomic E-state index is 0.136. The quantitative estimate of drug-likeness (QED) is 0.751. The standard InChI is InChI=1S/C15H16F2N4OS/c1-10-4-5-12(21(10)15(16)17)14-18-13(19-20(14)6-7-22)9-11-3-2-8-23-11/h2-5,8,15,22H,6-7,9H2,1H3. The lowest BCUT2D eigenvalue weighted by atomic mass is 10.3. The zero-order valence-electron chi connectivity index (χ0n) is 12.5. The lowest BCUT2D eigenvalue weighted by Gasteiger charge is -2.10. The van der Waals surface area contributed by atoms with E-state index in [9.17, 15) is 13.9 Å². The number of aliphatic hydroxyl groups is 1. The van der Waals surface area contributed by atoms with Gasteiger partial charge in [-0.3, -0.25) is 4.57 Å². The molecular formula is C15H16F2N4OS. The van der Waals surface area contributed by atoms with Crippen LogP contribution in [0.1, 0.15) is 22.9 Å². The fraction of sp³-hybridized carbons (Fsp3) is 0.333. The molecule has 0 aliphatic carbocycles. The van der Waals surface area contributed by atoms with Gasteiger partial charge in [-0.2, -0.15) is 13.9 Å². The average molecular weight is 338 g/mol. The maximum Gasteiger partial charge on any atom is 0.319 e. The van der Waals surface area contributed by atoms with Crippen molar-refractivity contribution in [2.75, 3.05) is 6.61 Å². The summed E-state index contributed by atoms with van der Waals surface area (Å²) >= 11 is 1.59. The summed E-state index contributed by atoms with van der Waals surface area (Å²) in [6.45, 7) is -0.960. The second kappa shape index (κ2) is 6.59. The first kappa shape index (κ1) is 15.8. The van der Waals surface area contributed by atoms with E-state index < -0.39 is 6.55 Å². The number of hydrogen-bond acceptors (Lipinski definition) is 4. The molecular weight excluding hydrogens is 322 g/mol. The van der Waals surface area contributed by atoms with Gasteiger partial charge in [0, 0.05) is 17.0 Å². The molecule has 23 heavy (non-hydrogen) atoms. The Bertz CT molecular complexity index is 780. The second-order valence-electron chi connectivity index (χ2n) is 5.06. The average Bonchev–Trinajstić information content (AvgIpc) is 3.20. The number of aromatic nitrogens is 4. The predicted octanol–water partition coefficient (Wildman–Crippen LogP) is 3.09. The van der Waals surface area contributed by atoms with Gasteiger partial charge >= 0.3 is 6.55 Å². The second-order valence-corrected chi connectivity index (χ2v) is 6.09. The van der Waals surface area contributed by atoms with Gasteiger partial charge in [-0.05, 0) is 30.5 Å². The summed E-state index contributed by atoms with van der Waals surface area (Å²) in [6.07, 6.45) is 0.539. The van der Waals surface area contributed by atoms with Crippen LogP contribution in [0.25, 0.3) is 11.5 Å². The number of halogens is 2. The fourth-order valence-electron chi connectivity index (χ4n) is 2.46. The van der Waals surface area contributed by atoms with Crippen LogP contribution >= 0.6 is 11.3 Å². The predicted molar refractivity (Wildman–Crippen MR) is 83.6 cm³/mol. The first-order valence-corrected chi connectivity index (χ1v) is 8.01. The molecule has 0 unspecified atom stereocenters. The van der Waals surface area contributed by atoms with E-state index in [4.69, 9.17) is 0 Å². The summed E-state index contributed by atoms with van der Waals surface area (Å²) in [6, 6.07) is 7.15. The minimum atomic E-state index is -2.65. The molecule has 8 heteroatoms. The number of alkyl halides is 2. The molecule has 3 aromatic rings. The fourth-order valence-corrected chi connectivity index (χ4v) is 3.17. The molecule has 0 atom stereocenters. The van der Waals surface area contributed by atoms with Crippen LogP contribution in [0.4, 0.5) is 8.78 Å². The summed E-state index contributed by atoms with van der Waals surface area (Å²) in [5, 5.41) is 15.5. The molecule has 122 valence electrons. The SMILES string of the molecule is Cc1ccc(-c2nc(Cc3cccs3)nn2CCO)n1C(F)F. The van der Waals surface area contributed by atoms with Crippen LogP contribution in [-0.2, 0) is 13.0 Å². The molecule has 0 amide bonds. The van der Waals surface area contributed by atoms with Crippen molar-refractivity contribution in [3.8, 4) is 11.5 Å². The van der Waals surface area contributed by atoms with Crippen molar-refractivity contribution in [1.82, 2.24) is 19.3 Å². The Kier molecular flexibility index (Phi) is 4.53. The smallest absolute Gasteiger partial charge is 0.319 e. The summed E-state index contributed by atoms with van der Waals surface area (Å²) in [5.41, 5.74) is 0.754. The molecule has 0 fully saturated rings. The Morgan fingerprint density at radius 3 is 2.78 bits per heavy atom. The van der Waals surface area contributed by atoms with Crippen molar-refractivity contribution in [3.63, 3.8) is 0 Å². The highest BCUT2D eigenvalue weighted by Crippen LogP contribution is 2.27. The summed E-state index contributed by atoms with van der Waals surface area (Å²) in [5.74, 6) is 0.898. The lowest BCUT2D eigenvalue weighted by Crippen LogP contribution is -2.10. The van der Waals surface area contributed by atoms with Gasteiger partial charge in [0.25, 0.3) is 0 Å². The van der Waals surface area contributed by atoms with Crippen LogP contribution in [0.5, 0.6) is 0 Å². The van der Waals surface area contributed by atoms with Gasteiger partial charge in [-0.25, -0.2) is 9.67 Å². The van der Waals surface area contributed by atoms with Gasteiger partial charge in [0.1, 0.15) is 0 Å². The third-order valence-electron chi connectivity index (χ3n) is 3.49. The van der Waals surface area contributed by atoms with Gasteiger partial charge in [-0.1, -0.05) is 6.07 Å². The Morgan fingerprint density at radius 2 is 2.13 bits per heavy atom. The third-order valence-corrected chi connectivity index (χ3v) is 4.36. The van der Waals surface area contributed by atoms with E-state index in [0.29, 0.717) is 29.5 Å². The van der Waals surface area contributed by atoms with E-state index in [-0.39, 0.29) is 13.2 Å². The Hall–Kier alpha value is -2.06. The molecule has 0 aliphatic rings. The van der Waals surface area contributed by atoms with Gasteiger partial charge < -0.3 is 5.11 Å². The molecule has 0 bridgehead atoms.